The standard InChI is InChI=1S/C13H10Br2ClNO2S/c1-8-6-9(14)2-5-13(8)17-20(18,19)10-3-4-12(16)11(15)7-10/h2-7,17H,1H3. The van der Waals surface area contributed by atoms with Crippen LogP contribution in [0.3, 0.4) is 0 Å². The average Bonchev–Trinajstić information content (AvgIpc) is 2.36. The second-order valence-corrected chi connectivity index (χ2v) is 8.00. The monoisotopic (exact) mass is 437 g/mol. The average molecular weight is 440 g/mol. The van der Waals surface area contributed by atoms with Gasteiger partial charge in [0, 0.05) is 8.95 Å². The van der Waals surface area contributed by atoms with Gasteiger partial charge in [0.15, 0.2) is 0 Å². The molecule has 2 rings (SSSR count). The zero-order chi connectivity index (χ0) is 14.9. The van der Waals surface area contributed by atoms with Crippen LogP contribution in [0.2, 0.25) is 5.02 Å². The number of rotatable bonds is 3. The van der Waals surface area contributed by atoms with Gasteiger partial charge in [-0.1, -0.05) is 27.5 Å². The van der Waals surface area contributed by atoms with Gasteiger partial charge in [0.05, 0.1) is 15.6 Å². The van der Waals surface area contributed by atoms with Gasteiger partial charge in [0.2, 0.25) is 0 Å². The van der Waals surface area contributed by atoms with Crippen molar-refractivity contribution in [1.29, 1.82) is 0 Å². The second-order valence-electron chi connectivity index (χ2n) is 4.14. The SMILES string of the molecule is Cc1cc(Br)ccc1NS(=O)(=O)c1ccc(Cl)c(Br)c1. The maximum absolute atomic E-state index is 12.3. The molecule has 0 aliphatic rings. The van der Waals surface area contributed by atoms with Gasteiger partial charge < -0.3 is 0 Å². The Bertz CT molecular complexity index is 763. The molecule has 0 bridgehead atoms. The van der Waals surface area contributed by atoms with Crippen LogP contribution in [0.4, 0.5) is 5.69 Å². The summed E-state index contributed by atoms with van der Waals surface area (Å²) in [5, 5.41) is 0.462. The molecule has 1 N–H and O–H groups in total. The molecule has 0 saturated carbocycles. The molecule has 3 nitrogen and oxygen atoms in total. The minimum Gasteiger partial charge on any atom is -0.279 e. The van der Waals surface area contributed by atoms with E-state index in [1.54, 1.807) is 12.1 Å². The van der Waals surface area contributed by atoms with Gasteiger partial charge in [0.1, 0.15) is 0 Å². The first kappa shape index (κ1) is 15.8. The number of halogens is 3. The molecule has 0 spiro atoms. The number of hydrogen-bond acceptors (Lipinski definition) is 2. The summed E-state index contributed by atoms with van der Waals surface area (Å²) in [6, 6.07) is 9.80. The maximum atomic E-state index is 12.3. The molecule has 0 aliphatic heterocycles. The highest BCUT2D eigenvalue weighted by Crippen LogP contribution is 2.27. The molecule has 106 valence electrons. The molecule has 20 heavy (non-hydrogen) atoms. The van der Waals surface area contributed by atoms with Gasteiger partial charge in [-0.05, 0) is 64.8 Å². The highest BCUT2D eigenvalue weighted by molar-refractivity contribution is 9.10. The lowest BCUT2D eigenvalue weighted by Gasteiger charge is -2.11. The van der Waals surface area contributed by atoms with Crippen LogP contribution in [-0.4, -0.2) is 8.42 Å². The lowest BCUT2D eigenvalue weighted by atomic mass is 10.2. The Morgan fingerprint density at radius 3 is 2.40 bits per heavy atom. The normalized spacial score (nSPS) is 11.4. The topological polar surface area (TPSA) is 46.2 Å². The summed E-state index contributed by atoms with van der Waals surface area (Å²) in [5.41, 5.74) is 1.37. The summed E-state index contributed by atoms with van der Waals surface area (Å²) in [7, 11) is -3.64. The van der Waals surface area contributed by atoms with Crippen LogP contribution in [0.1, 0.15) is 5.56 Å². The summed E-state index contributed by atoms with van der Waals surface area (Å²) in [6.45, 7) is 1.83. The van der Waals surface area contributed by atoms with E-state index in [0.29, 0.717) is 15.2 Å². The van der Waals surface area contributed by atoms with Crippen molar-refractivity contribution in [1.82, 2.24) is 0 Å². The fourth-order valence-electron chi connectivity index (χ4n) is 1.59. The van der Waals surface area contributed by atoms with E-state index in [1.807, 2.05) is 13.0 Å². The zero-order valence-corrected chi connectivity index (χ0v) is 15.1. The summed E-state index contributed by atoms with van der Waals surface area (Å²) in [4.78, 5) is 0.149. The fourth-order valence-corrected chi connectivity index (χ4v) is 3.87. The van der Waals surface area contributed by atoms with Gasteiger partial charge in [-0.2, -0.15) is 0 Å². The van der Waals surface area contributed by atoms with Crippen molar-refractivity contribution in [3.63, 3.8) is 0 Å². The Morgan fingerprint density at radius 2 is 1.80 bits per heavy atom. The van der Waals surface area contributed by atoms with Crippen LogP contribution in [0.25, 0.3) is 0 Å². The van der Waals surface area contributed by atoms with Gasteiger partial charge in [0.25, 0.3) is 10.0 Å². The van der Waals surface area contributed by atoms with Crippen molar-refractivity contribution in [3.05, 3.63) is 55.9 Å². The summed E-state index contributed by atoms with van der Waals surface area (Å²) >= 11 is 12.4. The van der Waals surface area contributed by atoms with Gasteiger partial charge in [-0.3, -0.25) is 4.72 Å². The molecule has 0 radical (unpaired) electrons. The molecular weight excluding hydrogens is 429 g/mol. The van der Waals surface area contributed by atoms with E-state index in [2.05, 4.69) is 36.6 Å². The first-order valence-corrected chi connectivity index (χ1v) is 8.98. The molecule has 0 unspecified atom stereocenters. The first-order valence-electron chi connectivity index (χ1n) is 5.53. The Morgan fingerprint density at radius 1 is 1.10 bits per heavy atom. The number of nitrogens with one attached hydrogen (secondary N) is 1. The second kappa shape index (κ2) is 6.05. The Labute approximate surface area is 139 Å². The molecule has 0 fully saturated rings. The van der Waals surface area contributed by atoms with E-state index >= 15 is 0 Å². The lowest BCUT2D eigenvalue weighted by molar-refractivity contribution is 0.601. The van der Waals surface area contributed by atoms with E-state index < -0.39 is 10.0 Å². The molecule has 0 heterocycles. The number of benzene rings is 2. The molecule has 0 aliphatic carbocycles. The van der Waals surface area contributed by atoms with Gasteiger partial charge in [-0.25, -0.2) is 8.42 Å². The minimum atomic E-state index is -3.64. The van der Waals surface area contributed by atoms with E-state index in [0.717, 1.165) is 10.0 Å². The Hall–Kier alpha value is -0.560. The third kappa shape index (κ3) is 3.55. The van der Waals surface area contributed by atoms with Crippen LogP contribution in [0, 0.1) is 6.92 Å². The summed E-state index contributed by atoms with van der Waals surface area (Å²) in [5.74, 6) is 0. The molecule has 0 saturated heterocycles. The van der Waals surface area contributed by atoms with Crippen LogP contribution >= 0.6 is 43.5 Å². The van der Waals surface area contributed by atoms with E-state index in [-0.39, 0.29) is 4.90 Å². The maximum Gasteiger partial charge on any atom is 0.261 e. The third-order valence-corrected chi connectivity index (χ3v) is 5.70. The highest BCUT2D eigenvalue weighted by atomic mass is 79.9. The number of aryl methyl sites for hydroxylation is 1. The Kier molecular flexibility index (Phi) is 4.79. The number of sulfonamides is 1. The molecule has 0 atom stereocenters. The molecule has 0 aromatic heterocycles. The number of anilines is 1. The fraction of sp³-hybridized carbons (Fsp3) is 0.0769. The summed E-state index contributed by atoms with van der Waals surface area (Å²) in [6.07, 6.45) is 0. The van der Waals surface area contributed by atoms with Gasteiger partial charge >= 0.3 is 0 Å². The predicted octanol–water partition coefficient (Wildman–Crippen LogP) is 4.97. The smallest absolute Gasteiger partial charge is 0.261 e. The molecule has 7 heteroatoms. The molecule has 2 aromatic rings. The van der Waals surface area contributed by atoms with Crippen LogP contribution in [0.15, 0.2) is 50.2 Å². The van der Waals surface area contributed by atoms with Gasteiger partial charge in [-0.15, -0.1) is 0 Å². The summed E-state index contributed by atoms with van der Waals surface area (Å²) < 4.78 is 28.6. The van der Waals surface area contributed by atoms with Crippen molar-refractivity contribution in [2.75, 3.05) is 4.72 Å². The van der Waals surface area contributed by atoms with Crippen LogP contribution in [-0.2, 0) is 10.0 Å². The predicted molar refractivity (Wildman–Crippen MR) is 88.8 cm³/mol. The van der Waals surface area contributed by atoms with Crippen molar-refractivity contribution >= 4 is 59.2 Å². The minimum absolute atomic E-state index is 0.149. The molecule has 2 aromatic carbocycles. The van der Waals surface area contributed by atoms with Crippen LogP contribution < -0.4 is 4.72 Å². The quantitative estimate of drug-likeness (QED) is 0.734. The van der Waals surface area contributed by atoms with Crippen LogP contribution in [0.5, 0.6) is 0 Å². The molecular formula is C13H10Br2ClNO2S. The molecule has 0 amide bonds. The van der Waals surface area contributed by atoms with Crippen molar-refractivity contribution < 1.29 is 8.42 Å². The lowest BCUT2D eigenvalue weighted by Crippen LogP contribution is -2.13. The van der Waals surface area contributed by atoms with E-state index in [4.69, 9.17) is 11.6 Å². The van der Waals surface area contributed by atoms with Crippen molar-refractivity contribution in [2.45, 2.75) is 11.8 Å². The Balaban J connectivity index is 2.38. The highest BCUT2D eigenvalue weighted by Gasteiger charge is 2.16. The van der Waals surface area contributed by atoms with Crippen molar-refractivity contribution in [3.8, 4) is 0 Å². The zero-order valence-electron chi connectivity index (χ0n) is 10.3. The number of hydrogen-bond donors (Lipinski definition) is 1. The van der Waals surface area contributed by atoms with E-state index in [9.17, 15) is 8.42 Å². The first-order chi connectivity index (χ1) is 9.29. The largest absolute Gasteiger partial charge is 0.279 e. The van der Waals surface area contributed by atoms with E-state index in [1.165, 1.54) is 18.2 Å². The third-order valence-electron chi connectivity index (χ3n) is 2.63. The van der Waals surface area contributed by atoms with Crippen molar-refractivity contribution in [2.24, 2.45) is 0 Å².